The second kappa shape index (κ2) is 3.36. The molecule has 0 radical (unpaired) electrons. The van der Waals surface area contributed by atoms with E-state index in [0.29, 0.717) is 11.1 Å². The van der Waals surface area contributed by atoms with Crippen LogP contribution in [0.2, 0.25) is 0 Å². The Bertz CT molecular complexity index is 664. The third-order valence-electron chi connectivity index (χ3n) is 2.30. The van der Waals surface area contributed by atoms with Crippen molar-refractivity contribution in [3.63, 3.8) is 0 Å². The minimum atomic E-state index is -4.28. The summed E-state index contributed by atoms with van der Waals surface area (Å²) < 4.78 is 30.7. The van der Waals surface area contributed by atoms with Gasteiger partial charge in [0.25, 0.3) is 10.1 Å². The fraction of sp³-hybridized carbons (Fsp3) is 0. The predicted octanol–water partition coefficient (Wildman–Crippen LogP) is 1.37. The van der Waals surface area contributed by atoms with Gasteiger partial charge in [0, 0.05) is 16.5 Å². The molecule has 0 amide bonds. The Balaban J connectivity index is 2.86. The van der Waals surface area contributed by atoms with Crippen LogP contribution in [0, 0.1) is 0 Å². The fourth-order valence-electron chi connectivity index (χ4n) is 1.50. The normalized spacial score (nSPS) is 11.8. The molecule has 0 aliphatic rings. The molecular weight excluding hydrogens is 230 g/mol. The molecule has 0 aliphatic carbocycles. The molecule has 2 aromatic rings. The maximum atomic E-state index is 10.9. The number of rotatable bonds is 1. The van der Waals surface area contributed by atoms with Crippen LogP contribution in [-0.4, -0.2) is 18.1 Å². The van der Waals surface area contributed by atoms with Gasteiger partial charge in [-0.2, -0.15) is 8.42 Å². The molecule has 0 saturated carbocycles. The Morgan fingerprint density at radius 2 is 1.75 bits per heavy atom. The molecule has 0 spiro atoms. The standard InChI is InChI=1S/C10H9NO4S/c11-9-3-4-10(12)8-5-6(16(13,14)15)1-2-7(8)9/h1-5,12H,11H2,(H,13,14,15). The highest BCUT2D eigenvalue weighted by atomic mass is 32.2. The molecule has 6 heteroatoms. The van der Waals surface area contributed by atoms with Gasteiger partial charge in [-0.15, -0.1) is 0 Å². The molecule has 16 heavy (non-hydrogen) atoms. The van der Waals surface area contributed by atoms with E-state index in [0.717, 1.165) is 0 Å². The number of fused-ring (bicyclic) bond motifs is 1. The molecule has 2 rings (SSSR count). The van der Waals surface area contributed by atoms with Crippen LogP contribution in [-0.2, 0) is 10.1 Å². The van der Waals surface area contributed by atoms with Crippen LogP contribution >= 0.6 is 0 Å². The first-order valence-electron chi connectivity index (χ1n) is 4.38. The summed E-state index contributed by atoms with van der Waals surface area (Å²) in [7, 11) is -4.28. The highest BCUT2D eigenvalue weighted by molar-refractivity contribution is 7.85. The number of hydrogen-bond donors (Lipinski definition) is 3. The SMILES string of the molecule is Nc1ccc(O)c2cc(S(=O)(=O)O)ccc12. The largest absolute Gasteiger partial charge is 0.507 e. The van der Waals surface area contributed by atoms with Crippen molar-refractivity contribution >= 4 is 26.6 Å². The van der Waals surface area contributed by atoms with Gasteiger partial charge in [-0.3, -0.25) is 4.55 Å². The van der Waals surface area contributed by atoms with E-state index in [1.54, 1.807) is 0 Å². The zero-order valence-corrected chi connectivity index (χ0v) is 8.90. The molecule has 0 bridgehead atoms. The lowest BCUT2D eigenvalue weighted by Gasteiger charge is -2.05. The average molecular weight is 239 g/mol. The van der Waals surface area contributed by atoms with Crippen LogP contribution in [0.5, 0.6) is 5.75 Å². The van der Waals surface area contributed by atoms with E-state index in [9.17, 15) is 13.5 Å². The minimum Gasteiger partial charge on any atom is -0.507 e. The van der Waals surface area contributed by atoms with E-state index in [1.165, 1.54) is 30.3 Å². The van der Waals surface area contributed by atoms with Crippen LogP contribution in [0.3, 0.4) is 0 Å². The molecule has 0 saturated heterocycles. The molecule has 0 heterocycles. The van der Waals surface area contributed by atoms with E-state index in [1.807, 2.05) is 0 Å². The second-order valence-electron chi connectivity index (χ2n) is 3.36. The molecule has 5 nitrogen and oxygen atoms in total. The first-order valence-corrected chi connectivity index (χ1v) is 5.82. The number of benzene rings is 2. The monoisotopic (exact) mass is 239 g/mol. The Morgan fingerprint density at radius 1 is 1.06 bits per heavy atom. The first-order chi connectivity index (χ1) is 7.39. The Morgan fingerprint density at radius 3 is 2.38 bits per heavy atom. The van der Waals surface area contributed by atoms with Crippen molar-refractivity contribution in [3.05, 3.63) is 30.3 Å². The molecule has 0 aromatic heterocycles. The number of anilines is 1. The molecule has 2 aromatic carbocycles. The van der Waals surface area contributed by atoms with E-state index in [-0.39, 0.29) is 16.0 Å². The predicted molar refractivity (Wildman–Crippen MR) is 59.8 cm³/mol. The van der Waals surface area contributed by atoms with Gasteiger partial charge in [0.1, 0.15) is 5.75 Å². The van der Waals surface area contributed by atoms with Crippen LogP contribution in [0.25, 0.3) is 10.8 Å². The lowest BCUT2D eigenvalue weighted by molar-refractivity contribution is 0.481. The number of phenolic OH excluding ortho intramolecular Hbond substituents is 1. The van der Waals surface area contributed by atoms with Crippen LogP contribution in [0.1, 0.15) is 0 Å². The number of nitrogen functional groups attached to an aromatic ring is 1. The molecule has 0 unspecified atom stereocenters. The van der Waals surface area contributed by atoms with Crippen molar-refractivity contribution in [2.24, 2.45) is 0 Å². The molecule has 0 aliphatic heterocycles. The average Bonchev–Trinajstić information content (AvgIpc) is 2.22. The number of nitrogens with two attached hydrogens (primary N) is 1. The Kier molecular flexibility index (Phi) is 2.25. The molecule has 0 fully saturated rings. The lowest BCUT2D eigenvalue weighted by atomic mass is 10.1. The highest BCUT2D eigenvalue weighted by Crippen LogP contribution is 2.30. The maximum absolute atomic E-state index is 10.9. The summed E-state index contributed by atoms with van der Waals surface area (Å²) in [5.74, 6) is -0.0882. The quantitative estimate of drug-likeness (QED) is 0.396. The number of aromatic hydroxyl groups is 1. The molecule has 0 atom stereocenters. The Labute approximate surface area is 91.9 Å². The number of hydrogen-bond acceptors (Lipinski definition) is 4. The fourth-order valence-corrected chi connectivity index (χ4v) is 2.00. The zero-order chi connectivity index (χ0) is 11.9. The Hall–Kier alpha value is -1.79. The van der Waals surface area contributed by atoms with Crippen molar-refractivity contribution in [3.8, 4) is 5.75 Å². The lowest BCUT2D eigenvalue weighted by Crippen LogP contribution is -1.98. The molecule has 4 N–H and O–H groups in total. The van der Waals surface area contributed by atoms with Crippen molar-refractivity contribution in [2.75, 3.05) is 5.73 Å². The first kappa shape index (κ1) is 10.7. The number of phenols is 1. The summed E-state index contributed by atoms with van der Waals surface area (Å²) in [6, 6.07) is 6.73. The van der Waals surface area contributed by atoms with Gasteiger partial charge < -0.3 is 10.8 Å². The van der Waals surface area contributed by atoms with Crippen LogP contribution < -0.4 is 5.73 Å². The van der Waals surface area contributed by atoms with Crippen molar-refractivity contribution < 1.29 is 18.1 Å². The van der Waals surface area contributed by atoms with Crippen LogP contribution in [0.15, 0.2) is 35.2 Å². The van der Waals surface area contributed by atoms with E-state index >= 15 is 0 Å². The van der Waals surface area contributed by atoms with Gasteiger partial charge >= 0.3 is 0 Å². The van der Waals surface area contributed by atoms with Gasteiger partial charge in [-0.1, -0.05) is 6.07 Å². The third kappa shape index (κ3) is 1.68. The topological polar surface area (TPSA) is 101 Å². The molecule has 84 valence electrons. The minimum absolute atomic E-state index is 0.0882. The van der Waals surface area contributed by atoms with Gasteiger partial charge in [0.15, 0.2) is 0 Å². The maximum Gasteiger partial charge on any atom is 0.294 e. The summed E-state index contributed by atoms with van der Waals surface area (Å²) in [6.45, 7) is 0. The summed E-state index contributed by atoms with van der Waals surface area (Å²) >= 11 is 0. The smallest absolute Gasteiger partial charge is 0.294 e. The second-order valence-corrected chi connectivity index (χ2v) is 4.78. The molecular formula is C10H9NO4S. The van der Waals surface area contributed by atoms with Gasteiger partial charge in [0.05, 0.1) is 4.90 Å². The van der Waals surface area contributed by atoms with Gasteiger partial charge in [-0.25, -0.2) is 0 Å². The van der Waals surface area contributed by atoms with Gasteiger partial charge in [-0.05, 0) is 24.3 Å². The van der Waals surface area contributed by atoms with E-state index < -0.39 is 10.1 Å². The third-order valence-corrected chi connectivity index (χ3v) is 3.15. The van der Waals surface area contributed by atoms with Crippen molar-refractivity contribution in [1.82, 2.24) is 0 Å². The van der Waals surface area contributed by atoms with Crippen LogP contribution in [0.4, 0.5) is 5.69 Å². The summed E-state index contributed by atoms with van der Waals surface area (Å²) in [4.78, 5) is -0.277. The highest BCUT2D eigenvalue weighted by Gasteiger charge is 2.12. The summed E-state index contributed by atoms with van der Waals surface area (Å²) in [5, 5.41) is 10.4. The summed E-state index contributed by atoms with van der Waals surface area (Å²) in [5.41, 5.74) is 6.09. The summed E-state index contributed by atoms with van der Waals surface area (Å²) in [6.07, 6.45) is 0. The van der Waals surface area contributed by atoms with Crippen molar-refractivity contribution in [2.45, 2.75) is 4.90 Å². The zero-order valence-electron chi connectivity index (χ0n) is 8.08. The van der Waals surface area contributed by atoms with Gasteiger partial charge in [0.2, 0.25) is 0 Å². The van der Waals surface area contributed by atoms with E-state index in [2.05, 4.69) is 0 Å². The van der Waals surface area contributed by atoms with E-state index in [4.69, 9.17) is 10.3 Å². The van der Waals surface area contributed by atoms with Crippen molar-refractivity contribution in [1.29, 1.82) is 0 Å².